The number of hydrogen-bond donors (Lipinski definition) is 0. The van der Waals surface area contributed by atoms with Gasteiger partial charge in [0.05, 0.1) is 7.11 Å². The zero-order valence-electron chi connectivity index (χ0n) is 9.76. The highest BCUT2D eigenvalue weighted by molar-refractivity contribution is 5.86. The third kappa shape index (κ3) is 2.35. The molecule has 0 aliphatic rings. The van der Waals surface area contributed by atoms with E-state index in [1.54, 1.807) is 0 Å². The van der Waals surface area contributed by atoms with Gasteiger partial charge >= 0.3 is 5.97 Å². The number of methoxy groups -OCH3 is 1. The van der Waals surface area contributed by atoms with Crippen molar-refractivity contribution < 1.29 is 18.3 Å². The van der Waals surface area contributed by atoms with Crippen molar-refractivity contribution in [2.75, 3.05) is 7.11 Å². The van der Waals surface area contributed by atoms with Crippen LogP contribution in [0, 0.1) is 11.6 Å². The van der Waals surface area contributed by atoms with Gasteiger partial charge in [-0.25, -0.2) is 18.3 Å². The first-order chi connectivity index (χ1) is 9.04. The maximum absolute atomic E-state index is 13.6. The molecule has 5 nitrogen and oxygen atoms in total. The fourth-order valence-corrected chi connectivity index (χ4v) is 1.45. The minimum absolute atomic E-state index is 0.217. The lowest BCUT2D eigenvalue weighted by atomic mass is 10.3. The van der Waals surface area contributed by atoms with Gasteiger partial charge in [-0.15, -0.1) is 0 Å². The SMILES string of the molecule is COC(=O)c1nn(-c2cccc(F)c2F)ccc1=O. The molecule has 0 fully saturated rings. The third-order valence-corrected chi connectivity index (χ3v) is 2.37. The minimum atomic E-state index is -1.13. The molecule has 0 spiro atoms. The normalized spacial score (nSPS) is 10.3. The fraction of sp³-hybridized carbons (Fsp3) is 0.0833. The monoisotopic (exact) mass is 266 g/mol. The van der Waals surface area contributed by atoms with Crippen LogP contribution in [0.25, 0.3) is 5.69 Å². The van der Waals surface area contributed by atoms with Crippen LogP contribution in [-0.4, -0.2) is 22.9 Å². The molecular formula is C12H8F2N2O3. The van der Waals surface area contributed by atoms with Crippen LogP contribution in [0.3, 0.4) is 0 Å². The first kappa shape index (κ1) is 12.9. The Morgan fingerprint density at radius 2 is 2.05 bits per heavy atom. The van der Waals surface area contributed by atoms with E-state index in [2.05, 4.69) is 9.84 Å². The number of halogens is 2. The molecule has 19 heavy (non-hydrogen) atoms. The van der Waals surface area contributed by atoms with E-state index in [4.69, 9.17) is 0 Å². The molecule has 2 aromatic rings. The summed E-state index contributed by atoms with van der Waals surface area (Å²) in [6, 6.07) is 4.51. The summed E-state index contributed by atoms with van der Waals surface area (Å²) in [5.41, 5.74) is -1.39. The van der Waals surface area contributed by atoms with Crippen LogP contribution in [0.15, 0.2) is 35.3 Å². The van der Waals surface area contributed by atoms with Gasteiger partial charge in [-0.2, -0.15) is 5.10 Å². The Morgan fingerprint density at radius 3 is 2.74 bits per heavy atom. The Bertz CT molecular complexity index is 698. The zero-order valence-corrected chi connectivity index (χ0v) is 9.76. The van der Waals surface area contributed by atoms with Gasteiger partial charge in [0.2, 0.25) is 11.1 Å². The molecule has 0 saturated heterocycles. The van der Waals surface area contributed by atoms with Gasteiger partial charge in [0, 0.05) is 12.3 Å². The van der Waals surface area contributed by atoms with Gasteiger partial charge in [-0.1, -0.05) is 6.07 Å². The number of hydrogen-bond acceptors (Lipinski definition) is 4. The predicted molar refractivity (Wildman–Crippen MR) is 61.1 cm³/mol. The van der Waals surface area contributed by atoms with E-state index in [1.807, 2.05) is 0 Å². The zero-order chi connectivity index (χ0) is 14.0. The highest BCUT2D eigenvalue weighted by Crippen LogP contribution is 2.14. The minimum Gasteiger partial charge on any atom is -0.464 e. The Balaban J connectivity index is 2.61. The van der Waals surface area contributed by atoms with Crippen LogP contribution in [0.5, 0.6) is 0 Å². The summed E-state index contributed by atoms with van der Waals surface area (Å²) >= 11 is 0. The molecule has 0 amide bonds. The van der Waals surface area contributed by atoms with E-state index in [1.165, 1.54) is 12.1 Å². The predicted octanol–water partition coefficient (Wildman–Crippen LogP) is 1.30. The molecule has 0 aliphatic heterocycles. The summed E-state index contributed by atoms with van der Waals surface area (Å²) in [6.07, 6.45) is 1.13. The molecular weight excluding hydrogens is 258 g/mol. The van der Waals surface area contributed by atoms with E-state index in [-0.39, 0.29) is 5.69 Å². The summed E-state index contributed by atoms with van der Waals surface area (Å²) in [5.74, 6) is -3.14. The molecule has 1 aromatic heterocycles. The van der Waals surface area contributed by atoms with Gasteiger partial charge in [0.15, 0.2) is 11.6 Å². The second-order valence-electron chi connectivity index (χ2n) is 3.54. The number of nitrogens with zero attached hydrogens (tertiary/aromatic N) is 2. The van der Waals surface area contributed by atoms with Crippen LogP contribution in [0.1, 0.15) is 10.5 Å². The second-order valence-corrected chi connectivity index (χ2v) is 3.54. The summed E-state index contributed by atoms with van der Waals surface area (Å²) in [6.45, 7) is 0. The van der Waals surface area contributed by atoms with E-state index >= 15 is 0 Å². The van der Waals surface area contributed by atoms with Crippen molar-refractivity contribution in [1.29, 1.82) is 0 Å². The van der Waals surface area contributed by atoms with Crippen molar-refractivity contribution in [3.8, 4) is 5.69 Å². The maximum Gasteiger partial charge on any atom is 0.362 e. The maximum atomic E-state index is 13.6. The number of ether oxygens (including phenoxy) is 1. The second kappa shape index (κ2) is 4.97. The molecule has 1 aromatic carbocycles. The van der Waals surface area contributed by atoms with Crippen molar-refractivity contribution in [3.63, 3.8) is 0 Å². The molecule has 0 saturated carbocycles. The molecule has 7 heteroatoms. The molecule has 0 bridgehead atoms. The number of benzene rings is 1. The lowest BCUT2D eigenvalue weighted by Gasteiger charge is -2.07. The number of rotatable bonds is 2. The molecule has 0 N–H and O–H groups in total. The van der Waals surface area contributed by atoms with Gasteiger partial charge in [-0.05, 0) is 12.1 Å². The van der Waals surface area contributed by atoms with Gasteiger partial charge < -0.3 is 4.74 Å². The summed E-state index contributed by atoms with van der Waals surface area (Å²) in [5, 5.41) is 3.64. The van der Waals surface area contributed by atoms with Crippen molar-refractivity contribution in [3.05, 3.63) is 58.0 Å². The Morgan fingerprint density at radius 1 is 1.32 bits per heavy atom. The first-order valence-corrected chi connectivity index (χ1v) is 5.17. The van der Waals surface area contributed by atoms with Crippen molar-refractivity contribution >= 4 is 5.97 Å². The van der Waals surface area contributed by atoms with E-state index in [9.17, 15) is 18.4 Å². The lowest BCUT2D eigenvalue weighted by molar-refractivity contribution is 0.0590. The quantitative estimate of drug-likeness (QED) is 0.769. The first-order valence-electron chi connectivity index (χ1n) is 5.17. The Kier molecular flexibility index (Phi) is 3.37. The Labute approximate surface area is 106 Å². The smallest absolute Gasteiger partial charge is 0.362 e. The molecule has 0 unspecified atom stereocenters. The van der Waals surface area contributed by atoms with Gasteiger partial charge in [-0.3, -0.25) is 4.79 Å². The lowest BCUT2D eigenvalue weighted by Crippen LogP contribution is -2.22. The number of carbonyl (C=O) groups is 1. The molecule has 1 heterocycles. The van der Waals surface area contributed by atoms with Crippen molar-refractivity contribution in [1.82, 2.24) is 9.78 Å². The van der Waals surface area contributed by atoms with Crippen LogP contribution in [0.4, 0.5) is 8.78 Å². The summed E-state index contributed by atoms with van der Waals surface area (Å²) < 4.78 is 31.9. The third-order valence-electron chi connectivity index (χ3n) is 2.37. The largest absolute Gasteiger partial charge is 0.464 e. The number of aromatic nitrogens is 2. The highest BCUT2D eigenvalue weighted by Gasteiger charge is 2.15. The highest BCUT2D eigenvalue weighted by atomic mass is 19.2. The van der Waals surface area contributed by atoms with E-state index in [0.29, 0.717) is 0 Å². The molecule has 2 rings (SSSR count). The molecule has 98 valence electrons. The standard InChI is InChI=1S/C12H8F2N2O3/c1-19-12(18)11-9(17)5-6-16(15-11)8-4-2-3-7(13)10(8)14/h2-6H,1H3. The average Bonchev–Trinajstić information content (AvgIpc) is 2.42. The fourth-order valence-electron chi connectivity index (χ4n) is 1.45. The van der Waals surface area contributed by atoms with Crippen LogP contribution < -0.4 is 5.43 Å². The average molecular weight is 266 g/mol. The summed E-state index contributed by atoms with van der Waals surface area (Å²) in [4.78, 5) is 22.7. The molecule has 0 atom stereocenters. The molecule has 0 radical (unpaired) electrons. The van der Waals surface area contributed by atoms with Crippen molar-refractivity contribution in [2.24, 2.45) is 0 Å². The van der Waals surface area contributed by atoms with Gasteiger partial charge in [0.25, 0.3) is 0 Å². The number of carbonyl (C=O) groups excluding carboxylic acids is 1. The number of esters is 1. The van der Waals surface area contributed by atoms with E-state index < -0.39 is 28.7 Å². The Hall–Kier alpha value is -2.57. The van der Waals surface area contributed by atoms with Crippen LogP contribution in [0.2, 0.25) is 0 Å². The van der Waals surface area contributed by atoms with E-state index in [0.717, 1.165) is 30.1 Å². The van der Waals surface area contributed by atoms with Crippen molar-refractivity contribution in [2.45, 2.75) is 0 Å². The summed E-state index contributed by atoms with van der Waals surface area (Å²) in [7, 11) is 1.09. The topological polar surface area (TPSA) is 61.2 Å². The van der Waals surface area contributed by atoms with Gasteiger partial charge in [0.1, 0.15) is 5.69 Å². The van der Waals surface area contributed by atoms with Crippen LogP contribution in [-0.2, 0) is 4.74 Å². The van der Waals surface area contributed by atoms with Crippen LogP contribution >= 0.6 is 0 Å². The molecule has 0 aliphatic carbocycles.